The molecule has 0 amide bonds. The topological polar surface area (TPSA) is 113 Å². The van der Waals surface area contributed by atoms with Gasteiger partial charge in [0.15, 0.2) is 5.16 Å². The molecule has 5 rings (SSSR count). The van der Waals surface area contributed by atoms with Gasteiger partial charge in [0.1, 0.15) is 11.6 Å². The predicted molar refractivity (Wildman–Crippen MR) is 124 cm³/mol. The number of carbonyl (C=O) groups excluding carboxylic acids is 1. The molecule has 3 heterocycles. The summed E-state index contributed by atoms with van der Waals surface area (Å²) in [6.07, 6.45) is 1.53. The van der Waals surface area contributed by atoms with E-state index in [1.165, 1.54) is 54.0 Å². The van der Waals surface area contributed by atoms with Crippen LogP contribution in [0.25, 0.3) is 22.3 Å². The molecule has 0 bridgehead atoms. The zero-order valence-corrected chi connectivity index (χ0v) is 19.1. The van der Waals surface area contributed by atoms with Crippen molar-refractivity contribution in [2.24, 2.45) is 0 Å². The molecule has 0 spiro atoms. The van der Waals surface area contributed by atoms with Crippen molar-refractivity contribution in [1.82, 2.24) is 19.7 Å². The van der Waals surface area contributed by atoms with E-state index >= 15 is 0 Å². The Hall–Kier alpha value is -4.25. The smallest absolute Gasteiger partial charge is 0.337 e. The minimum Gasteiger partial charge on any atom is -0.467 e. The summed E-state index contributed by atoms with van der Waals surface area (Å²) >= 11 is 1.22. The van der Waals surface area contributed by atoms with E-state index in [4.69, 9.17) is 13.7 Å². The zero-order chi connectivity index (χ0) is 24.4. The lowest BCUT2D eigenvalue weighted by Crippen LogP contribution is -2.24. The van der Waals surface area contributed by atoms with Crippen molar-refractivity contribution in [1.29, 1.82) is 0 Å². The lowest BCUT2D eigenvalue weighted by atomic mass is 10.1. The van der Waals surface area contributed by atoms with Crippen LogP contribution in [0.2, 0.25) is 0 Å². The van der Waals surface area contributed by atoms with E-state index < -0.39 is 5.97 Å². The first kappa shape index (κ1) is 22.5. The molecule has 0 aliphatic rings. The Morgan fingerprint density at radius 2 is 1.97 bits per heavy atom. The average molecular weight is 492 g/mol. The van der Waals surface area contributed by atoms with Crippen LogP contribution < -0.4 is 5.56 Å². The fourth-order valence-corrected chi connectivity index (χ4v) is 4.25. The first-order valence-corrected chi connectivity index (χ1v) is 11.4. The highest BCUT2D eigenvalue weighted by atomic mass is 32.2. The molecule has 0 N–H and O–H groups in total. The Bertz CT molecular complexity index is 1560. The predicted octanol–water partition coefficient (Wildman–Crippen LogP) is 4.31. The van der Waals surface area contributed by atoms with Crippen molar-refractivity contribution < 1.29 is 22.9 Å². The normalized spacial score (nSPS) is 11.1. The Labute approximate surface area is 201 Å². The van der Waals surface area contributed by atoms with Crippen LogP contribution in [0.5, 0.6) is 0 Å². The van der Waals surface area contributed by atoms with Gasteiger partial charge >= 0.3 is 5.97 Å². The molecule has 35 heavy (non-hydrogen) atoms. The summed E-state index contributed by atoms with van der Waals surface area (Å²) in [4.78, 5) is 34.3. The van der Waals surface area contributed by atoms with Crippen LogP contribution in [0, 0.1) is 5.82 Å². The second-order valence-corrected chi connectivity index (χ2v) is 8.34. The zero-order valence-electron chi connectivity index (χ0n) is 18.3. The van der Waals surface area contributed by atoms with E-state index in [1.54, 1.807) is 30.3 Å². The van der Waals surface area contributed by atoms with Crippen molar-refractivity contribution in [3.63, 3.8) is 0 Å². The molecule has 0 saturated heterocycles. The third kappa shape index (κ3) is 4.71. The Morgan fingerprint density at radius 1 is 1.14 bits per heavy atom. The molecule has 0 radical (unpaired) electrons. The number of esters is 1. The van der Waals surface area contributed by atoms with Gasteiger partial charge in [-0.25, -0.2) is 14.2 Å². The van der Waals surface area contributed by atoms with Gasteiger partial charge < -0.3 is 13.7 Å². The van der Waals surface area contributed by atoms with Crippen LogP contribution in [0.15, 0.2) is 79.8 Å². The van der Waals surface area contributed by atoms with Crippen LogP contribution in [-0.2, 0) is 17.0 Å². The molecule has 0 unspecified atom stereocenters. The van der Waals surface area contributed by atoms with Crippen LogP contribution in [0.3, 0.4) is 0 Å². The molecule has 0 fully saturated rings. The number of thioether (sulfide) groups is 1. The number of hydrogen-bond donors (Lipinski definition) is 0. The first-order valence-electron chi connectivity index (χ1n) is 10.4. The molecule has 2 aromatic carbocycles. The van der Waals surface area contributed by atoms with Crippen molar-refractivity contribution in [2.75, 3.05) is 7.11 Å². The summed E-state index contributed by atoms with van der Waals surface area (Å²) in [5.74, 6) is 0.542. The van der Waals surface area contributed by atoms with E-state index in [9.17, 15) is 14.0 Å². The number of methoxy groups -OCH3 is 1. The van der Waals surface area contributed by atoms with Gasteiger partial charge in [-0.1, -0.05) is 16.9 Å². The summed E-state index contributed by atoms with van der Waals surface area (Å²) in [6.45, 7) is 0.167. The molecule has 0 aliphatic carbocycles. The molecular formula is C24H17FN4O5S. The average Bonchev–Trinajstić information content (AvgIpc) is 3.57. The SMILES string of the molecule is COC(=O)c1ccc2c(=O)n(Cc3ccco3)c(SCc3nc(-c4ccc(F)cc4)no3)nc2c1. The molecule has 9 nitrogen and oxygen atoms in total. The van der Waals surface area contributed by atoms with E-state index in [2.05, 4.69) is 15.1 Å². The summed E-state index contributed by atoms with van der Waals surface area (Å²) in [6, 6.07) is 13.8. The highest BCUT2D eigenvalue weighted by Gasteiger charge is 2.17. The number of nitrogens with zero attached hydrogens (tertiary/aromatic N) is 4. The molecule has 5 aromatic rings. The monoisotopic (exact) mass is 492 g/mol. The van der Waals surface area contributed by atoms with Crippen LogP contribution in [0.1, 0.15) is 22.0 Å². The van der Waals surface area contributed by atoms with Gasteiger partial charge in [0.25, 0.3) is 5.56 Å². The van der Waals surface area contributed by atoms with E-state index in [1.807, 2.05) is 0 Å². The van der Waals surface area contributed by atoms with Crippen LogP contribution >= 0.6 is 11.8 Å². The summed E-state index contributed by atoms with van der Waals surface area (Å²) < 4.78 is 30.2. The van der Waals surface area contributed by atoms with E-state index in [0.717, 1.165) is 0 Å². The maximum Gasteiger partial charge on any atom is 0.337 e. The number of furan rings is 1. The molecule has 0 atom stereocenters. The Morgan fingerprint density at radius 3 is 2.71 bits per heavy atom. The van der Waals surface area contributed by atoms with Gasteiger partial charge in [-0.15, -0.1) is 0 Å². The number of benzene rings is 2. The van der Waals surface area contributed by atoms with Crippen LogP contribution in [0.4, 0.5) is 4.39 Å². The molecule has 176 valence electrons. The molecular weight excluding hydrogens is 475 g/mol. The largest absolute Gasteiger partial charge is 0.467 e. The minimum absolute atomic E-state index is 0.167. The van der Waals surface area contributed by atoms with Crippen molar-refractivity contribution in [3.05, 3.63) is 94.2 Å². The number of ether oxygens (including phenoxy) is 1. The highest BCUT2D eigenvalue weighted by Crippen LogP contribution is 2.25. The van der Waals surface area contributed by atoms with E-state index in [0.29, 0.717) is 39.1 Å². The maximum atomic E-state index is 13.3. The Balaban J connectivity index is 1.49. The van der Waals surface area contributed by atoms with Gasteiger partial charge in [0.05, 0.1) is 42.1 Å². The minimum atomic E-state index is -0.526. The standard InChI is InChI=1S/C24H17FN4O5S/c1-32-23(31)15-6-9-18-19(11-15)26-24(29(22(18)30)12-17-3-2-10-33-17)35-13-20-27-21(28-34-20)14-4-7-16(25)8-5-14/h2-11H,12-13H2,1H3. The molecule has 0 aliphatic heterocycles. The highest BCUT2D eigenvalue weighted by molar-refractivity contribution is 7.98. The van der Waals surface area contributed by atoms with E-state index in [-0.39, 0.29) is 29.2 Å². The number of rotatable bonds is 7. The van der Waals surface area contributed by atoms with Crippen molar-refractivity contribution >= 4 is 28.6 Å². The molecule has 3 aromatic heterocycles. The van der Waals surface area contributed by atoms with Gasteiger partial charge in [-0.05, 0) is 54.6 Å². The van der Waals surface area contributed by atoms with Crippen molar-refractivity contribution in [3.8, 4) is 11.4 Å². The molecule has 11 heteroatoms. The number of hydrogen-bond acceptors (Lipinski definition) is 9. The summed E-state index contributed by atoms with van der Waals surface area (Å²) in [5, 5.41) is 4.67. The number of halogens is 1. The number of aromatic nitrogens is 4. The number of carbonyl (C=O) groups is 1. The third-order valence-electron chi connectivity index (χ3n) is 5.13. The van der Waals surface area contributed by atoms with Crippen LogP contribution in [-0.4, -0.2) is 32.8 Å². The summed E-state index contributed by atoms with van der Waals surface area (Å²) in [7, 11) is 1.28. The lowest BCUT2D eigenvalue weighted by Gasteiger charge is -2.12. The number of fused-ring (bicyclic) bond motifs is 1. The van der Waals surface area contributed by atoms with Gasteiger partial charge in [0, 0.05) is 5.56 Å². The quantitative estimate of drug-likeness (QED) is 0.186. The summed E-state index contributed by atoms with van der Waals surface area (Å²) in [5.41, 5.74) is 0.962. The van der Waals surface area contributed by atoms with Crippen molar-refractivity contribution in [2.45, 2.75) is 17.5 Å². The fraction of sp³-hybridized carbons (Fsp3) is 0.125. The fourth-order valence-electron chi connectivity index (χ4n) is 3.41. The van der Waals surface area contributed by atoms with Gasteiger partial charge in [0.2, 0.25) is 11.7 Å². The molecule has 0 saturated carbocycles. The Kier molecular flexibility index (Phi) is 6.15. The lowest BCUT2D eigenvalue weighted by molar-refractivity contribution is 0.0601. The van der Waals surface area contributed by atoms with Gasteiger partial charge in [-0.2, -0.15) is 4.98 Å². The maximum absolute atomic E-state index is 13.3. The third-order valence-corrected chi connectivity index (χ3v) is 6.09. The second kappa shape index (κ2) is 9.55. The first-order chi connectivity index (χ1) is 17.0. The second-order valence-electron chi connectivity index (χ2n) is 7.40. The van der Waals surface area contributed by atoms with Gasteiger partial charge in [-0.3, -0.25) is 9.36 Å².